The zero-order valence-corrected chi connectivity index (χ0v) is 20.0. The lowest BCUT2D eigenvalue weighted by Crippen LogP contribution is -2.69. The monoisotopic (exact) mass is 485 g/mol. The van der Waals surface area contributed by atoms with Crippen LogP contribution in [-0.4, -0.2) is 55.7 Å². The van der Waals surface area contributed by atoms with Crippen molar-refractivity contribution in [3.8, 4) is 0 Å². The summed E-state index contributed by atoms with van der Waals surface area (Å²) in [6.07, 6.45) is 6.01. The van der Waals surface area contributed by atoms with Gasteiger partial charge in [0.05, 0.1) is 12.8 Å². The van der Waals surface area contributed by atoms with E-state index >= 15 is 0 Å². The van der Waals surface area contributed by atoms with E-state index in [1.54, 1.807) is 0 Å². The van der Waals surface area contributed by atoms with Crippen LogP contribution in [0.3, 0.4) is 0 Å². The highest BCUT2D eigenvalue weighted by Crippen LogP contribution is 2.50. The minimum atomic E-state index is -2.24. The Morgan fingerprint density at radius 1 is 0.706 bits per heavy atom. The second kappa shape index (κ2) is 13.9. The lowest BCUT2D eigenvalue weighted by atomic mass is 9.56. The quantitative estimate of drug-likeness (QED) is 0.292. The maximum Gasteiger partial charge on any atom is 0.330 e. The second-order valence-electron chi connectivity index (χ2n) is 9.57. The first-order valence-corrected chi connectivity index (χ1v) is 12.1. The number of carbonyl (C=O) groups is 5. The zero-order chi connectivity index (χ0) is 25.8. The summed E-state index contributed by atoms with van der Waals surface area (Å²) in [4.78, 5) is 60.7. The van der Waals surface area contributed by atoms with Gasteiger partial charge in [0.2, 0.25) is 5.91 Å². The summed E-state index contributed by atoms with van der Waals surface area (Å²) in [5.41, 5.74) is -4.28. The molecule has 0 radical (unpaired) electrons. The van der Waals surface area contributed by atoms with Crippen molar-refractivity contribution in [2.24, 2.45) is 11.3 Å². The predicted octanol–water partition coefficient (Wildman–Crippen LogP) is 3.67. The highest BCUT2D eigenvalue weighted by molar-refractivity contribution is 5.89. The van der Waals surface area contributed by atoms with E-state index in [2.05, 4.69) is 5.32 Å². The molecule has 1 atom stereocenters. The molecule has 0 aromatic rings. The third kappa shape index (κ3) is 8.29. The first kappa shape index (κ1) is 29.4. The lowest BCUT2D eigenvalue weighted by Gasteiger charge is -2.51. The molecule has 194 valence electrons. The number of carboxylic acids is 4. The standard InChI is InChI=1S/C24H39NO9/c1-17(26)25-24(22(33)34,18-11-9-7-5-3-2-4-6-8-10-12-18)23(15-20(29)30,16-21(31)32)14-13-19(27)28/h18H,2-16H2,1H3,(H,25,26)(H,27,28)(H,29,30)(H,31,32)(H,33,34). The zero-order valence-electron chi connectivity index (χ0n) is 20.0. The van der Waals surface area contributed by atoms with Crippen molar-refractivity contribution in [1.82, 2.24) is 5.32 Å². The van der Waals surface area contributed by atoms with E-state index in [4.69, 9.17) is 0 Å². The van der Waals surface area contributed by atoms with Crippen molar-refractivity contribution < 1.29 is 44.4 Å². The molecule has 1 aliphatic carbocycles. The summed E-state index contributed by atoms with van der Waals surface area (Å²) < 4.78 is 0. The van der Waals surface area contributed by atoms with Crippen LogP contribution < -0.4 is 5.32 Å². The van der Waals surface area contributed by atoms with E-state index in [1.165, 1.54) is 0 Å². The van der Waals surface area contributed by atoms with Gasteiger partial charge < -0.3 is 25.7 Å². The van der Waals surface area contributed by atoms with Gasteiger partial charge in [0, 0.05) is 18.8 Å². The number of carboxylic acid groups (broad SMARTS) is 4. The predicted molar refractivity (Wildman–Crippen MR) is 122 cm³/mol. The van der Waals surface area contributed by atoms with Crippen molar-refractivity contribution in [3.05, 3.63) is 0 Å². The maximum absolute atomic E-state index is 13.0. The van der Waals surface area contributed by atoms with E-state index in [0.29, 0.717) is 25.7 Å². The van der Waals surface area contributed by atoms with Crippen LogP contribution in [0.4, 0.5) is 0 Å². The van der Waals surface area contributed by atoms with Gasteiger partial charge in [-0.2, -0.15) is 0 Å². The van der Waals surface area contributed by atoms with Crippen LogP contribution in [0.25, 0.3) is 0 Å². The van der Waals surface area contributed by atoms with Gasteiger partial charge in [0.15, 0.2) is 0 Å². The van der Waals surface area contributed by atoms with Gasteiger partial charge in [-0.3, -0.25) is 19.2 Å². The molecule has 0 saturated heterocycles. The van der Waals surface area contributed by atoms with Gasteiger partial charge in [-0.15, -0.1) is 0 Å². The first-order chi connectivity index (χ1) is 16.0. The normalized spacial score (nSPS) is 18.5. The fourth-order valence-electron chi connectivity index (χ4n) is 5.64. The Balaban J connectivity index is 3.73. The molecular formula is C24H39NO9. The minimum Gasteiger partial charge on any atom is -0.481 e. The number of carbonyl (C=O) groups excluding carboxylic acids is 1. The van der Waals surface area contributed by atoms with Crippen LogP contribution >= 0.6 is 0 Å². The number of hydrogen-bond donors (Lipinski definition) is 5. The molecule has 1 unspecified atom stereocenters. The molecule has 0 aliphatic heterocycles. The Bertz CT molecular complexity index is 708. The molecular weight excluding hydrogens is 446 g/mol. The van der Waals surface area contributed by atoms with Crippen LogP contribution in [0.15, 0.2) is 0 Å². The number of amides is 1. The van der Waals surface area contributed by atoms with Crippen molar-refractivity contribution in [2.75, 3.05) is 0 Å². The van der Waals surface area contributed by atoms with Crippen LogP contribution in [0, 0.1) is 11.3 Å². The molecule has 1 rings (SSSR count). The third-order valence-electron chi connectivity index (χ3n) is 7.06. The van der Waals surface area contributed by atoms with E-state index in [-0.39, 0.29) is 0 Å². The van der Waals surface area contributed by atoms with Gasteiger partial charge in [-0.1, -0.05) is 57.8 Å². The molecule has 1 amide bonds. The average molecular weight is 486 g/mol. The molecule has 0 aromatic carbocycles. The fourth-order valence-corrected chi connectivity index (χ4v) is 5.64. The summed E-state index contributed by atoms with van der Waals surface area (Å²) >= 11 is 0. The van der Waals surface area contributed by atoms with E-state index in [1.807, 2.05) is 0 Å². The molecule has 0 spiro atoms. The van der Waals surface area contributed by atoms with Crippen molar-refractivity contribution in [3.63, 3.8) is 0 Å². The largest absolute Gasteiger partial charge is 0.481 e. The molecule has 0 bridgehead atoms. The molecule has 10 heteroatoms. The number of aliphatic carboxylic acids is 4. The maximum atomic E-state index is 13.0. The van der Waals surface area contributed by atoms with Gasteiger partial charge in [0.25, 0.3) is 0 Å². The molecule has 10 nitrogen and oxygen atoms in total. The number of hydrogen-bond acceptors (Lipinski definition) is 5. The summed E-state index contributed by atoms with van der Waals surface area (Å²) in [6.45, 7) is 1.11. The van der Waals surface area contributed by atoms with Crippen molar-refractivity contribution in [1.29, 1.82) is 0 Å². The first-order valence-electron chi connectivity index (χ1n) is 12.1. The summed E-state index contributed by atoms with van der Waals surface area (Å²) in [5.74, 6) is -7.20. The van der Waals surface area contributed by atoms with Crippen LogP contribution in [0.5, 0.6) is 0 Å². The SMILES string of the molecule is CC(=O)NC(C(=O)O)(C1CCCCCCCCCCC1)C(CCC(=O)O)(CC(=O)O)CC(=O)O. The third-order valence-corrected chi connectivity index (χ3v) is 7.06. The molecule has 1 aliphatic rings. The van der Waals surface area contributed by atoms with Crippen LogP contribution in [0.2, 0.25) is 0 Å². The van der Waals surface area contributed by atoms with Gasteiger partial charge in [-0.25, -0.2) is 4.79 Å². The minimum absolute atomic E-state index is 0.362. The van der Waals surface area contributed by atoms with Gasteiger partial charge in [-0.05, 0) is 25.2 Å². The summed E-state index contributed by atoms with van der Waals surface area (Å²) in [7, 11) is 0. The fraction of sp³-hybridized carbons (Fsp3) is 0.792. The Labute approximate surface area is 200 Å². The number of nitrogens with one attached hydrogen (secondary N) is 1. The van der Waals surface area contributed by atoms with E-state index in [0.717, 1.165) is 51.9 Å². The summed E-state index contributed by atoms with van der Waals surface area (Å²) in [6, 6.07) is 0. The van der Waals surface area contributed by atoms with Crippen LogP contribution in [-0.2, 0) is 24.0 Å². The molecule has 1 fully saturated rings. The molecule has 1 saturated carbocycles. The van der Waals surface area contributed by atoms with Crippen LogP contribution in [0.1, 0.15) is 103 Å². The van der Waals surface area contributed by atoms with Crippen molar-refractivity contribution in [2.45, 2.75) is 109 Å². The number of rotatable bonds is 11. The Hall–Kier alpha value is -2.65. The summed E-state index contributed by atoms with van der Waals surface area (Å²) in [5, 5.41) is 41.8. The molecule has 0 heterocycles. The Morgan fingerprint density at radius 3 is 1.44 bits per heavy atom. The average Bonchev–Trinajstić information content (AvgIpc) is 2.69. The van der Waals surface area contributed by atoms with Gasteiger partial charge >= 0.3 is 23.9 Å². The van der Waals surface area contributed by atoms with Gasteiger partial charge in [0.1, 0.15) is 5.54 Å². The smallest absolute Gasteiger partial charge is 0.330 e. The Morgan fingerprint density at radius 2 is 1.12 bits per heavy atom. The van der Waals surface area contributed by atoms with Crippen molar-refractivity contribution >= 4 is 29.8 Å². The topological polar surface area (TPSA) is 178 Å². The molecule has 34 heavy (non-hydrogen) atoms. The second-order valence-corrected chi connectivity index (χ2v) is 9.57. The highest BCUT2D eigenvalue weighted by Gasteiger charge is 2.62. The van der Waals surface area contributed by atoms with E-state index < -0.39 is 72.3 Å². The highest BCUT2D eigenvalue weighted by atomic mass is 16.4. The molecule has 5 N–H and O–H groups in total. The molecule has 0 aromatic heterocycles. The lowest BCUT2D eigenvalue weighted by molar-refractivity contribution is -0.169. The Kier molecular flexibility index (Phi) is 12.0. The van der Waals surface area contributed by atoms with E-state index in [9.17, 15) is 44.4 Å².